The van der Waals surface area contributed by atoms with Crippen LogP contribution in [0.2, 0.25) is 0 Å². The number of hydrogen-bond donors (Lipinski definition) is 1. The molecule has 3 nitrogen and oxygen atoms in total. The molecule has 0 saturated carbocycles. The molecule has 0 fully saturated rings. The molecular formula is C11H12N2OS. The Kier molecular flexibility index (Phi) is 3.19. The predicted molar refractivity (Wildman–Crippen MR) is 62.4 cm³/mol. The highest BCUT2D eigenvalue weighted by atomic mass is 32.1. The van der Waals surface area contributed by atoms with Gasteiger partial charge in [-0.3, -0.25) is 0 Å². The highest BCUT2D eigenvalue weighted by Crippen LogP contribution is 2.17. The molecule has 4 heteroatoms. The summed E-state index contributed by atoms with van der Waals surface area (Å²) in [5.41, 5.74) is 3.94. The smallest absolute Gasteiger partial charge is 0.120 e. The standard InChI is InChI=1S/C11H12N2OS/c1-14-11-4-2-3-9(5-11)12-6-10-7-15-8-13-10/h2-5,7-8,12H,6H2,1H3. The normalized spacial score (nSPS) is 9.93. The van der Waals surface area contributed by atoms with E-state index in [4.69, 9.17) is 4.74 Å². The topological polar surface area (TPSA) is 34.1 Å². The first-order chi connectivity index (χ1) is 7.38. The van der Waals surface area contributed by atoms with E-state index in [0.29, 0.717) is 0 Å². The van der Waals surface area contributed by atoms with Gasteiger partial charge in [0.1, 0.15) is 5.75 Å². The lowest BCUT2D eigenvalue weighted by atomic mass is 10.3. The van der Waals surface area contributed by atoms with Gasteiger partial charge in [0.2, 0.25) is 0 Å². The van der Waals surface area contributed by atoms with E-state index in [1.807, 2.05) is 35.2 Å². The minimum Gasteiger partial charge on any atom is -0.497 e. The lowest BCUT2D eigenvalue weighted by Gasteiger charge is -2.06. The second-order valence-corrected chi connectivity index (χ2v) is 3.78. The van der Waals surface area contributed by atoms with Crippen LogP contribution in [0.4, 0.5) is 5.69 Å². The van der Waals surface area contributed by atoms with E-state index in [0.717, 1.165) is 23.7 Å². The number of methoxy groups -OCH3 is 1. The van der Waals surface area contributed by atoms with E-state index in [2.05, 4.69) is 10.3 Å². The van der Waals surface area contributed by atoms with E-state index >= 15 is 0 Å². The van der Waals surface area contributed by atoms with Crippen molar-refractivity contribution in [2.75, 3.05) is 12.4 Å². The van der Waals surface area contributed by atoms with E-state index in [1.54, 1.807) is 18.4 Å². The Bertz CT molecular complexity index is 414. The molecule has 1 N–H and O–H groups in total. The minimum atomic E-state index is 0.747. The molecular weight excluding hydrogens is 208 g/mol. The van der Waals surface area contributed by atoms with E-state index in [1.165, 1.54) is 0 Å². The molecule has 0 atom stereocenters. The summed E-state index contributed by atoms with van der Waals surface area (Å²) in [6, 6.07) is 7.86. The summed E-state index contributed by atoms with van der Waals surface area (Å²) in [5, 5.41) is 5.32. The maximum Gasteiger partial charge on any atom is 0.120 e. The fourth-order valence-electron chi connectivity index (χ4n) is 1.25. The molecule has 2 rings (SSSR count). The molecule has 1 heterocycles. The summed E-state index contributed by atoms with van der Waals surface area (Å²) < 4.78 is 5.14. The fraction of sp³-hybridized carbons (Fsp3) is 0.182. The third-order valence-corrected chi connectivity index (χ3v) is 2.66. The summed E-state index contributed by atoms with van der Waals surface area (Å²) in [5.74, 6) is 0.860. The third-order valence-electron chi connectivity index (χ3n) is 2.03. The Hall–Kier alpha value is -1.55. The van der Waals surface area contributed by atoms with Crippen molar-refractivity contribution in [2.24, 2.45) is 0 Å². The zero-order valence-electron chi connectivity index (χ0n) is 8.43. The van der Waals surface area contributed by atoms with Crippen LogP contribution >= 0.6 is 11.3 Å². The van der Waals surface area contributed by atoms with Gasteiger partial charge >= 0.3 is 0 Å². The minimum absolute atomic E-state index is 0.747. The van der Waals surface area contributed by atoms with Crippen molar-refractivity contribution in [1.29, 1.82) is 0 Å². The third kappa shape index (κ3) is 2.70. The Balaban J connectivity index is 1.98. The highest BCUT2D eigenvalue weighted by Gasteiger charge is 1.97. The van der Waals surface area contributed by atoms with Crippen LogP contribution in [0.1, 0.15) is 5.69 Å². The number of nitrogens with one attached hydrogen (secondary N) is 1. The number of aromatic nitrogens is 1. The molecule has 0 bridgehead atoms. The Morgan fingerprint density at radius 1 is 1.47 bits per heavy atom. The van der Waals surface area contributed by atoms with Crippen molar-refractivity contribution in [3.63, 3.8) is 0 Å². The van der Waals surface area contributed by atoms with Crippen molar-refractivity contribution in [1.82, 2.24) is 4.98 Å². The van der Waals surface area contributed by atoms with Crippen LogP contribution in [-0.2, 0) is 6.54 Å². The van der Waals surface area contributed by atoms with Gasteiger partial charge in [0.05, 0.1) is 24.9 Å². The zero-order valence-corrected chi connectivity index (χ0v) is 9.25. The van der Waals surface area contributed by atoms with Gasteiger partial charge < -0.3 is 10.1 Å². The molecule has 2 aromatic rings. The first-order valence-corrected chi connectivity index (χ1v) is 5.58. The Labute approximate surface area is 92.7 Å². The Morgan fingerprint density at radius 2 is 2.40 bits per heavy atom. The van der Waals surface area contributed by atoms with Crippen LogP contribution in [0.5, 0.6) is 5.75 Å². The van der Waals surface area contributed by atoms with Gasteiger partial charge in [-0.25, -0.2) is 4.98 Å². The predicted octanol–water partition coefficient (Wildman–Crippen LogP) is 2.76. The van der Waals surface area contributed by atoms with Gasteiger partial charge in [0, 0.05) is 17.1 Å². The van der Waals surface area contributed by atoms with Gasteiger partial charge in [-0.05, 0) is 12.1 Å². The first kappa shape index (κ1) is 9.98. The molecule has 0 aliphatic carbocycles. The van der Waals surface area contributed by atoms with Crippen molar-refractivity contribution in [2.45, 2.75) is 6.54 Å². The van der Waals surface area contributed by atoms with Gasteiger partial charge in [0.25, 0.3) is 0 Å². The van der Waals surface area contributed by atoms with E-state index < -0.39 is 0 Å². The van der Waals surface area contributed by atoms with Crippen LogP contribution < -0.4 is 10.1 Å². The number of hydrogen-bond acceptors (Lipinski definition) is 4. The number of benzene rings is 1. The van der Waals surface area contributed by atoms with Gasteiger partial charge in [-0.2, -0.15) is 0 Å². The molecule has 0 amide bonds. The molecule has 15 heavy (non-hydrogen) atoms. The zero-order chi connectivity index (χ0) is 10.5. The van der Waals surface area contributed by atoms with Crippen LogP contribution in [0.25, 0.3) is 0 Å². The molecule has 0 spiro atoms. The second kappa shape index (κ2) is 4.79. The SMILES string of the molecule is COc1cccc(NCc2cscn2)c1. The maximum atomic E-state index is 5.14. The lowest BCUT2D eigenvalue weighted by molar-refractivity contribution is 0.415. The number of ether oxygens (including phenoxy) is 1. The maximum absolute atomic E-state index is 5.14. The lowest BCUT2D eigenvalue weighted by Crippen LogP contribution is -1.99. The largest absolute Gasteiger partial charge is 0.497 e. The quantitative estimate of drug-likeness (QED) is 0.860. The average Bonchev–Trinajstić information content (AvgIpc) is 2.79. The summed E-state index contributed by atoms with van der Waals surface area (Å²) in [4.78, 5) is 4.20. The molecule has 78 valence electrons. The van der Waals surface area contributed by atoms with Crippen molar-refractivity contribution in [3.05, 3.63) is 40.8 Å². The van der Waals surface area contributed by atoms with Crippen LogP contribution in [0, 0.1) is 0 Å². The van der Waals surface area contributed by atoms with Crippen molar-refractivity contribution >= 4 is 17.0 Å². The number of thiazole rings is 1. The molecule has 0 saturated heterocycles. The summed E-state index contributed by atoms with van der Waals surface area (Å²) in [7, 11) is 1.67. The van der Waals surface area contributed by atoms with Crippen LogP contribution in [0.15, 0.2) is 35.2 Å². The fourth-order valence-corrected chi connectivity index (χ4v) is 1.81. The number of anilines is 1. The van der Waals surface area contributed by atoms with Gasteiger partial charge in [-0.15, -0.1) is 11.3 Å². The molecule has 0 aliphatic rings. The van der Waals surface area contributed by atoms with Crippen LogP contribution in [0.3, 0.4) is 0 Å². The molecule has 0 aliphatic heterocycles. The molecule has 1 aromatic heterocycles. The van der Waals surface area contributed by atoms with Gasteiger partial charge in [-0.1, -0.05) is 6.07 Å². The van der Waals surface area contributed by atoms with Crippen LogP contribution in [-0.4, -0.2) is 12.1 Å². The van der Waals surface area contributed by atoms with Gasteiger partial charge in [0.15, 0.2) is 0 Å². The Morgan fingerprint density at radius 3 is 3.13 bits per heavy atom. The van der Waals surface area contributed by atoms with E-state index in [9.17, 15) is 0 Å². The van der Waals surface area contributed by atoms with E-state index in [-0.39, 0.29) is 0 Å². The number of rotatable bonds is 4. The summed E-state index contributed by atoms with van der Waals surface area (Å²) in [6.07, 6.45) is 0. The number of nitrogens with zero attached hydrogens (tertiary/aromatic N) is 1. The monoisotopic (exact) mass is 220 g/mol. The molecule has 0 radical (unpaired) electrons. The summed E-state index contributed by atoms with van der Waals surface area (Å²) >= 11 is 1.61. The molecule has 0 unspecified atom stereocenters. The van der Waals surface area contributed by atoms with Crippen molar-refractivity contribution in [3.8, 4) is 5.75 Å². The second-order valence-electron chi connectivity index (χ2n) is 3.07. The average molecular weight is 220 g/mol. The highest BCUT2D eigenvalue weighted by molar-refractivity contribution is 7.07. The van der Waals surface area contributed by atoms with Crippen molar-refractivity contribution < 1.29 is 4.74 Å². The first-order valence-electron chi connectivity index (χ1n) is 4.63. The molecule has 1 aromatic carbocycles. The summed E-state index contributed by atoms with van der Waals surface area (Å²) in [6.45, 7) is 0.747.